The Morgan fingerprint density at radius 2 is 1.76 bits per heavy atom. The van der Waals surface area contributed by atoms with Crippen molar-refractivity contribution in [3.8, 4) is 0 Å². The molecule has 1 saturated heterocycles. The average molecular weight is 902 g/mol. The number of ether oxygens (including phenoxy) is 2. The van der Waals surface area contributed by atoms with E-state index in [0.29, 0.717) is 5.76 Å². The van der Waals surface area contributed by atoms with Gasteiger partial charge in [0.15, 0.2) is 22.8 Å². The second-order valence-electron chi connectivity index (χ2n) is 12.9. The number of aromatic nitrogens is 4. The zero-order valence-corrected chi connectivity index (χ0v) is 34.1. The number of anilines is 1. The molecule has 29 heteroatoms. The number of rotatable bonds is 21. The van der Waals surface area contributed by atoms with Crippen molar-refractivity contribution in [2.24, 2.45) is 5.41 Å². The van der Waals surface area contributed by atoms with Crippen LogP contribution >= 0.6 is 35.2 Å². The number of allylic oxidation sites excluding steroid dienone is 5. The summed E-state index contributed by atoms with van der Waals surface area (Å²) in [5.74, 6) is -0.738. The molecule has 2 aromatic rings. The minimum absolute atomic E-state index is 0.0272. The Morgan fingerprint density at radius 3 is 2.48 bits per heavy atom. The van der Waals surface area contributed by atoms with E-state index in [1.54, 1.807) is 24.3 Å². The molecule has 58 heavy (non-hydrogen) atoms. The largest absolute Gasteiger partial charge is 0.481 e. The SMILES string of the molecule is CC(C)(COP(=O)(O)OP(=O)(O)OC[C@H]1O[C@@H](n2cnc3c(N)ncnc32)[C@H](O)[C@@H]1OP(=O)(O)O)[C@@H](O)C(=O)NCCC(=O)NCCSC(=O)CC1=CC=CC=CO1. The van der Waals surface area contributed by atoms with Crippen molar-refractivity contribution in [2.45, 2.75) is 57.3 Å². The zero-order chi connectivity index (χ0) is 42.9. The second-order valence-corrected chi connectivity index (χ2v) is 18.3. The molecule has 0 bridgehead atoms. The molecule has 2 unspecified atom stereocenters. The molecule has 2 aliphatic heterocycles. The van der Waals surface area contributed by atoms with Gasteiger partial charge in [-0.15, -0.1) is 0 Å². The number of nitrogens with two attached hydrogens (primary N) is 1. The van der Waals surface area contributed by atoms with E-state index < -0.39 is 84.6 Å². The van der Waals surface area contributed by atoms with E-state index in [0.717, 1.165) is 29.0 Å². The van der Waals surface area contributed by atoms with Gasteiger partial charge in [-0.25, -0.2) is 28.6 Å². The summed E-state index contributed by atoms with van der Waals surface area (Å²) < 4.78 is 67.4. The quantitative estimate of drug-likeness (QED) is 0.0590. The maximum atomic E-state index is 12.7. The van der Waals surface area contributed by atoms with Crippen LogP contribution in [0, 0.1) is 5.41 Å². The number of thioether (sulfide) groups is 1. The third kappa shape index (κ3) is 14.1. The third-order valence-electron chi connectivity index (χ3n) is 7.89. The van der Waals surface area contributed by atoms with Crippen LogP contribution in [0.4, 0.5) is 5.82 Å². The Hall–Kier alpha value is -3.42. The smallest absolute Gasteiger partial charge is 0.469 e. The number of amides is 2. The number of nitrogen functional groups attached to an aromatic ring is 1. The Kier molecular flexibility index (Phi) is 16.5. The predicted octanol–water partition coefficient (Wildman–Crippen LogP) is 0.0388. The van der Waals surface area contributed by atoms with Gasteiger partial charge in [0.1, 0.15) is 42.0 Å². The minimum Gasteiger partial charge on any atom is -0.469 e. The Labute approximate surface area is 333 Å². The summed E-state index contributed by atoms with van der Waals surface area (Å²) in [4.78, 5) is 87.8. The number of hydrogen-bond acceptors (Lipinski definition) is 19. The number of aliphatic hydroxyl groups is 2. The second kappa shape index (κ2) is 20.2. The Balaban J connectivity index is 1.21. The lowest BCUT2D eigenvalue weighted by molar-refractivity contribution is -0.137. The van der Waals surface area contributed by atoms with Gasteiger partial charge in [-0.1, -0.05) is 37.8 Å². The lowest BCUT2D eigenvalue weighted by Crippen LogP contribution is -2.46. The van der Waals surface area contributed by atoms with E-state index >= 15 is 0 Å². The summed E-state index contributed by atoms with van der Waals surface area (Å²) in [5, 5.41) is 26.2. The molecule has 4 heterocycles. The van der Waals surface area contributed by atoms with Crippen LogP contribution in [0.5, 0.6) is 0 Å². The molecule has 1 fully saturated rings. The third-order valence-corrected chi connectivity index (χ3v) is 11.9. The van der Waals surface area contributed by atoms with Gasteiger partial charge < -0.3 is 55.6 Å². The monoisotopic (exact) mass is 901 g/mol. The molecule has 7 atom stereocenters. The van der Waals surface area contributed by atoms with E-state index in [1.165, 1.54) is 20.1 Å². The van der Waals surface area contributed by atoms with Crippen molar-refractivity contribution in [2.75, 3.05) is 37.8 Å². The van der Waals surface area contributed by atoms with Gasteiger partial charge in [-0.2, -0.15) is 4.31 Å². The molecular formula is C29H42N7O18P3S. The van der Waals surface area contributed by atoms with Gasteiger partial charge in [0.2, 0.25) is 11.8 Å². The van der Waals surface area contributed by atoms with E-state index in [9.17, 15) is 57.9 Å². The molecule has 322 valence electrons. The van der Waals surface area contributed by atoms with Crippen molar-refractivity contribution in [3.05, 3.63) is 49.0 Å². The molecule has 2 amide bonds. The first-order chi connectivity index (χ1) is 27.1. The maximum Gasteiger partial charge on any atom is 0.481 e. The first kappa shape index (κ1) is 47.3. The summed E-state index contributed by atoms with van der Waals surface area (Å²) in [6.45, 7) is 0.399. The predicted molar refractivity (Wildman–Crippen MR) is 199 cm³/mol. The number of imidazole rings is 1. The van der Waals surface area contributed by atoms with Crippen molar-refractivity contribution in [1.29, 1.82) is 0 Å². The molecule has 0 saturated carbocycles. The summed E-state index contributed by atoms with van der Waals surface area (Å²) in [6.07, 6.45) is 1.36. The van der Waals surface area contributed by atoms with E-state index in [-0.39, 0.29) is 53.8 Å². The average Bonchev–Trinajstić information content (AvgIpc) is 3.57. The van der Waals surface area contributed by atoms with Gasteiger partial charge >= 0.3 is 23.5 Å². The normalized spacial score (nSPS) is 22.3. The van der Waals surface area contributed by atoms with E-state index in [1.807, 2.05) is 0 Å². The maximum absolute atomic E-state index is 12.7. The molecule has 2 aliphatic rings. The van der Waals surface area contributed by atoms with Crippen LogP contribution in [0.3, 0.4) is 0 Å². The van der Waals surface area contributed by atoms with Crippen LogP contribution in [0.15, 0.2) is 49.0 Å². The van der Waals surface area contributed by atoms with Gasteiger partial charge in [-0.3, -0.25) is 32.5 Å². The Bertz CT molecular complexity index is 2040. The topological polar surface area (TPSA) is 373 Å². The number of hydrogen-bond donors (Lipinski definition) is 9. The zero-order valence-electron chi connectivity index (χ0n) is 30.6. The van der Waals surface area contributed by atoms with Crippen molar-refractivity contribution < 1.29 is 85.2 Å². The van der Waals surface area contributed by atoms with Crippen LogP contribution in [-0.4, -0.2) is 123 Å². The van der Waals surface area contributed by atoms with E-state index in [2.05, 4.69) is 34.4 Å². The number of carbonyl (C=O) groups is 3. The molecule has 0 spiro atoms. The molecule has 0 radical (unpaired) electrons. The van der Waals surface area contributed by atoms with Gasteiger partial charge in [0, 0.05) is 30.7 Å². The molecule has 4 rings (SSSR count). The summed E-state index contributed by atoms with van der Waals surface area (Å²) in [6, 6.07) is 0. The fourth-order valence-corrected chi connectivity index (χ4v) is 8.53. The number of nitrogens with zero attached hydrogens (tertiary/aromatic N) is 4. The number of phosphoric ester groups is 3. The fraction of sp³-hybridized carbons (Fsp3) is 0.517. The van der Waals surface area contributed by atoms with Gasteiger partial charge in [-0.05, 0) is 12.2 Å². The standard InChI is InChI=1S/C29H42N7O18P3S/c1-29(2,24(40)27(41)32-8-7-19(37)31-9-11-58-20(38)12-17-6-4-3-5-10-49-17)14-51-57(47,48)54-56(45,46)50-13-18-23(53-55(42,43)44)22(39)28(52-18)36-16-35-21-25(30)33-15-34-26(21)36/h3-6,10,15-16,18,22-24,28,39-40H,7-9,11-14H2,1-2H3,(H,31,37)(H,32,41)(H,45,46)(H,47,48)(H2,30,33,34)(H2,42,43,44)/t18-,22-,23-,24+,28-/m1/s1. The van der Waals surface area contributed by atoms with Gasteiger partial charge in [0.25, 0.3) is 0 Å². The number of nitrogens with one attached hydrogen (secondary N) is 2. The van der Waals surface area contributed by atoms with Crippen LogP contribution in [-0.2, 0) is 55.4 Å². The highest BCUT2D eigenvalue weighted by Crippen LogP contribution is 2.61. The summed E-state index contributed by atoms with van der Waals surface area (Å²) in [5.41, 5.74) is 4.24. The molecule has 0 aliphatic carbocycles. The van der Waals surface area contributed by atoms with Crippen molar-refractivity contribution in [3.63, 3.8) is 0 Å². The van der Waals surface area contributed by atoms with E-state index in [4.69, 9.17) is 24.3 Å². The molecule has 2 aromatic heterocycles. The summed E-state index contributed by atoms with van der Waals surface area (Å²) in [7, 11) is -16.4. The summed E-state index contributed by atoms with van der Waals surface area (Å²) >= 11 is 1.00. The number of fused-ring (bicyclic) bond motifs is 1. The Morgan fingerprint density at radius 1 is 1.03 bits per heavy atom. The molecule has 25 nitrogen and oxygen atoms in total. The molecule has 0 aromatic carbocycles. The van der Waals surface area contributed by atoms with Crippen LogP contribution in [0.1, 0.15) is 32.9 Å². The van der Waals surface area contributed by atoms with Gasteiger partial charge in [0.05, 0.1) is 32.2 Å². The highest BCUT2D eigenvalue weighted by molar-refractivity contribution is 8.13. The van der Waals surface area contributed by atoms with Crippen molar-refractivity contribution >= 4 is 69.1 Å². The highest BCUT2D eigenvalue weighted by Gasteiger charge is 2.50. The number of carbonyl (C=O) groups excluding carboxylic acids is 3. The van der Waals surface area contributed by atoms with Crippen molar-refractivity contribution in [1.82, 2.24) is 30.2 Å². The highest BCUT2D eigenvalue weighted by atomic mass is 32.2. The first-order valence-electron chi connectivity index (χ1n) is 16.8. The first-order valence-corrected chi connectivity index (χ1v) is 22.3. The fourth-order valence-electron chi connectivity index (χ4n) is 5.03. The minimum atomic E-state index is -5.58. The van der Waals surface area contributed by atoms with Crippen LogP contribution < -0.4 is 16.4 Å². The van der Waals surface area contributed by atoms with Crippen LogP contribution in [0.2, 0.25) is 0 Å². The lowest BCUT2D eigenvalue weighted by atomic mass is 9.87. The number of phosphoric acid groups is 3. The van der Waals surface area contributed by atoms with Crippen LogP contribution in [0.25, 0.3) is 11.2 Å². The molecular weight excluding hydrogens is 859 g/mol. The molecule has 10 N–H and O–H groups in total. The lowest BCUT2D eigenvalue weighted by Gasteiger charge is -2.30. The number of aliphatic hydroxyl groups excluding tert-OH is 2.